The van der Waals surface area contributed by atoms with Gasteiger partial charge in [-0.1, -0.05) is 11.6 Å². The molecule has 212 valence electrons. The van der Waals surface area contributed by atoms with Crippen LogP contribution in [0.1, 0.15) is 54.0 Å². The molecule has 3 aliphatic heterocycles. The van der Waals surface area contributed by atoms with Crippen molar-refractivity contribution in [2.45, 2.75) is 45.4 Å². The molecule has 2 amide bonds. The van der Waals surface area contributed by atoms with Gasteiger partial charge in [0.2, 0.25) is 11.9 Å². The molecule has 41 heavy (non-hydrogen) atoms. The van der Waals surface area contributed by atoms with Crippen LogP contribution in [0.2, 0.25) is 5.02 Å². The number of fused-ring (bicyclic) bond motifs is 6. The Hall–Kier alpha value is -4.18. The number of furan rings is 1. The van der Waals surface area contributed by atoms with Gasteiger partial charge in [-0.3, -0.25) is 14.6 Å². The van der Waals surface area contributed by atoms with Crippen molar-refractivity contribution < 1.29 is 14.0 Å². The van der Waals surface area contributed by atoms with Crippen molar-refractivity contribution in [3.63, 3.8) is 0 Å². The van der Waals surface area contributed by atoms with Crippen molar-refractivity contribution in [3.05, 3.63) is 70.5 Å². The highest BCUT2D eigenvalue weighted by molar-refractivity contribution is 6.32. The average Bonchev–Trinajstić information content (AvgIpc) is 3.41. The first kappa shape index (κ1) is 27.0. The number of piperidine rings is 1. The third-order valence-corrected chi connectivity index (χ3v) is 8.06. The van der Waals surface area contributed by atoms with E-state index in [1.165, 1.54) is 0 Å². The first-order valence-electron chi connectivity index (χ1n) is 14.0. The van der Waals surface area contributed by atoms with Crippen molar-refractivity contribution in [2.24, 2.45) is 16.8 Å². The van der Waals surface area contributed by atoms with E-state index in [0.29, 0.717) is 42.1 Å². The van der Waals surface area contributed by atoms with Crippen molar-refractivity contribution in [2.75, 3.05) is 29.0 Å². The van der Waals surface area contributed by atoms with Gasteiger partial charge in [-0.05, 0) is 80.8 Å². The highest BCUT2D eigenvalue weighted by atomic mass is 35.5. The van der Waals surface area contributed by atoms with E-state index in [-0.39, 0.29) is 23.7 Å². The van der Waals surface area contributed by atoms with Gasteiger partial charge in [-0.15, -0.1) is 0 Å². The zero-order chi connectivity index (χ0) is 28.3. The van der Waals surface area contributed by atoms with Crippen LogP contribution in [0.25, 0.3) is 0 Å². The standard InChI is InChI=1S/C30H32ClN7O3/c1-18-2-7-26(41-18)29(40)38-10-8-19(9-11-38)13-27(39)36-25-6-5-22-14-21(25)4-3-20-12-23(16-32-15-20)35-30-33-17-24(31)28(34-22)37-30/h2,5-7,14-17,19-20H,3-4,8-13H2,1H3,(H,36,39)(H2,33,34,35,37). The van der Waals surface area contributed by atoms with Gasteiger partial charge in [0, 0.05) is 54.9 Å². The summed E-state index contributed by atoms with van der Waals surface area (Å²) in [5.74, 6) is 2.39. The molecule has 11 heteroatoms. The lowest BCUT2D eigenvalue weighted by molar-refractivity contribution is -0.117. The normalized spacial score (nSPS) is 18.6. The first-order chi connectivity index (χ1) is 19.9. The number of nitrogens with zero attached hydrogens (tertiary/aromatic N) is 4. The minimum Gasteiger partial charge on any atom is -0.456 e. The minimum atomic E-state index is -0.0874. The number of allylic oxidation sites excluding steroid dienone is 1. The van der Waals surface area contributed by atoms with E-state index in [2.05, 4.69) is 30.9 Å². The number of halogens is 1. The Labute approximate surface area is 243 Å². The molecule has 1 atom stereocenters. The van der Waals surface area contributed by atoms with Crippen LogP contribution in [-0.2, 0) is 11.2 Å². The Morgan fingerprint density at radius 3 is 2.80 bits per heavy atom. The predicted molar refractivity (Wildman–Crippen MR) is 159 cm³/mol. The number of anilines is 4. The highest BCUT2D eigenvalue weighted by Crippen LogP contribution is 2.31. The molecule has 2 aromatic heterocycles. The van der Waals surface area contributed by atoms with E-state index < -0.39 is 0 Å². The molecule has 10 nitrogen and oxygen atoms in total. The lowest BCUT2D eigenvalue weighted by Crippen LogP contribution is -2.39. The van der Waals surface area contributed by atoms with Crippen LogP contribution in [0.15, 0.2) is 57.8 Å². The number of likely N-dealkylation sites (tertiary alicyclic amines) is 1. The lowest BCUT2D eigenvalue weighted by atomic mass is 9.92. The Kier molecular flexibility index (Phi) is 7.74. The fraction of sp³-hybridized carbons (Fsp3) is 0.367. The third kappa shape index (κ3) is 6.43. The van der Waals surface area contributed by atoms with Gasteiger partial charge in [0.15, 0.2) is 11.6 Å². The summed E-state index contributed by atoms with van der Waals surface area (Å²) in [7, 11) is 0. The second-order valence-corrected chi connectivity index (χ2v) is 11.3. The monoisotopic (exact) mass is 573 g/mol. The van der Waals surface area contributed by atoms with Crippen molar-refractivity contribution in [3.8, 4) is 0 Å². The molecule has 3 N–H and O–H groups in total. The summed E-state index contributed by atoms with van der Waals surface area (Å²) >= 11 is 6.39. The number of rotatable bonds is 4. The first-order valence-corrected chi connectivity index (χ1v) is 14.3. The summed E-state index contributed by atoms with van der Waals surface area (Å²) in [5, 5.41) is 10.1. The van der Waals surface area contributed by atoms with Crippen LogP contribution in [0, 0.1) is 18.8 Å². The van der Waals surface area contributed by atoms with Crippen LogP contribution in [0.4, 0.5) is 23.1 Å². The van der Waals surface area contributed by atoms with Gasteiger partial charge < -0.3 is 25.3 Å². The predicted octanol–water partition coefficient (Wildman–Crippen LogP) is 5.95. The van der Waals surface area contributed by atoms with Crippen LogP contribution >= 0.6 is 11.6 Å². The van der Waals surface area contributed by atoms with Gasteiger partial charge in [0.1, 0.15) is 10.8 Å². The molecule has 6 bridgehead atoms. The number of benzene rings is 1. The quantitative estimate of drug-likeness (QED) is 0.352. The molecule has 1 unspecified atom stereocenters. The number of carbonyl (C=O) groups excluding carboxylic acids is 2. The fourth-order valence-corrected chi connectivity index (χ4v) is 5.69. The molecule has 6 rings (SSSR count). The lowest BCUT2D eigenvalue weighted by Gasteiger charge is -2.31. The molecule has 1 saturated heterocycles. The van der Waals surface area contributed by atoms with Crippen LogP contribution in [0.5, 0.6) is 0 Å². The second kappa shape index (κ2) is 11.7. The Bertz CT molecular complexity index is 1520. The number of aliphatic imine (C=N–C) groups is 1. The molecule has 3 aliphatic rings. The maximum absolute atomic E-state index is 13.2. The molecular formula is C30H32ClN7O3. The van der Waals surface area contributed by atoms with E-state index in [0.717, 1.165) is 60.5 Å². The van der Waals surface area contributed by atoms with E-state index in [1.807, 2.05) is 36.2 Å². The zero-order valence-electron chi connectivity index (χ0n) is 22.8. The average molecular weight is 574 g/mol. The molecule has 0 radical (unpaired) electrons. The summed E-state index contributed by atoms with van der Waals surface area (Å²) in [5.41, 5.74) is 3.59. The maximum atomic E-state index is 13.2. The SMILES string of the molecule is Cc1ccc(C(=O)N2CCC(CC(=O)Nc3ccc4cc3CCC3C=NC=C(C3)Nc3ncc(Cl)c(n3)N4)CC2)o1. The summed E-state index contributed by atoms with van der Waals surface area (Å²) < 4.78 is 5.50. The minimum absolute atomic E-state index is 0.0200. The maximum Gasteiger partial charge on any atom is 0.289 e. The molecule has 0 spiro atoms. The van der Waals surface area contributed by atoms with E-state index in [4.69, 9.17) is 16.0 Å². The van der Waals surface area contributed by atoms with Crippen molar-refractivity contribution in [1.29, 1.82) is 0 Å². The van der Waals surface area contributed by atoms with Crippen LogP contribution < -0.4 is 16.0 Å². The smallest absolute Gasteiger partial charge is 0.289 e. The number of aromatic nitrogens is 2. The fourth-order valence-electron chi connectivity index (χ4n) is 5.55. The van der Waals surface area contributed by atoms with Crippen molar-refractivity contribution in [1.82, 2.24) is 14.9 Å². The molecule has 5 heterocycles. The van der Waals surface area contributed by atoms with Gasteiger partial charge in [-0.2, -0.15) is 4.98 Å². The second-order valence-electron chi connectivity index (χ2n) is 10.9. The summed E-state index contributed by atoms with van der Waals surface area (Å²) in [4.78, 5) is 40.9. The number of carbonyl (C=O) groups is 2. The summed E-state index contributed by atoms with van der Waals surface area (Å²) in [6.45, 7) is 3.06. The zero-order valence-corrected chi connectivity index (χ0v) is 23.6. The van der Waals surface area contributed by atoms with Gasteiger partial charge in [-0.25, -0.2) is 4.98 Å². The van der Waals surface area contributed by atoms with E-state index >= 15 is 0 Å². The van der Waals surface area contributed by atoms with E-state index in [1.54, 1.807) is 24.5 Å². The number of nitrogens with one attached hydrogen (secondary N) is 3. The largest absolute Gasteiger partial charge is 0.456 e. The van der Waals surface area contributed by atoms with Crippen LogP contribution in [-0.4, -0.2) is 46.0 Å². The number of hydrogen-bond donors (Lipinski definition) is 3. The number of hydrogen-bond acceptors (Lipinski definition) is 8. The van der Waals surface area contributed by atoms with E-state index in [9.17, 15) is 9.59 Å². The molecule has 0 aliphatic carbocycles. The summed E-state index contributed by atoms with van der Waals surface area (Å²) in [6.07, 6.45) is 9.73. The Balaban J connectivity index is 1.13. The van der Waals surface area contributed by atoms with Gasteiger partial charge >= 0.3 is 0 Å². The molecule has 3 aromatic rings. The number of aryl methyl sites for hydroxylation is 2. The molecule has 0 saturated carbocycles. The third-order valence-electron chi connectivity index (χ3n) is 7.78. The Morgan fingerprint density at radius 1 is 1.15 bits per heavy atom. The Morgan fingerprint density at radius 2 is 2.00 bits per heavy atom. The van der Waals surface area contributed by atoms with Crippen molar-refractivity contribution >= 4 is 52.8 Å². The number of amides is 2. The summed E-state index contributed by atoms with van der Waals surface area (Å²) in [6, 6.07) is 9.39. The molecular weight excluding hydrogens is 542 g/mol. The molecule has 1 aromatic carbocycles. The van der Waals surface area contributed by atoms with Crippen LogP contribution in [0.3, 0.4) is 0 Å². The highest BCUT2D eigenvalue weighted by Gasteiger charge is 2.27. The topological polar surface area (TPSA) is 125 Å². The molecule has 1 fully saturated rings. The van der Waals surface area contributed by atoms with Gasteiger partial charge in [0.05, 0.1) is 6.20 Å². The van der Waals surface area contributed by atoms with Gasteiger partial charge in [0.25, 0.3) is 5.91 Å².